The van der Waals surface area contributed by atoms with E-state index in [2.05, 4.69) is 29.4 Å². The Labute approximate surface area is 153 Å². The molecule has 0 radical (unpaired) electrons. The van der Waals surface area contributed by atoms with E-state index in [1.807, 2.05) is 0 Å². The molecule has 2 rings (SSSR count). The average molecular weight is 422 g/mol. The molecule has 0 spiro atoms. The minimum Gasteiger partial charge on any atom is -0.357 e. The lowest BCUT2D eigenvalue weighted by molar-refractivity contribution is 0.315. The van der Waals surface area contributed by atoms with Crippen molar-refractivity contribution in [1.82, 2.24) is 15.5 Å². The summed E-state index contributed by atoms with van der Waals surface area (Å²) in [7, 11) is 0. The Morgan fingerprint density at radius 1 is 1.09 bits per heavy atom. The smallest absolute Gasteiger partial charge is 0.191 e. The summed E-state index contributed by atoms with van der Waals surface area (Å²) in [5.74, 6) is 1.78. The van der Waals surface area contributed by atoms with Gasteiger partial charge in [0.1, 0.15) is 0 Å². The maximum Gasteiger partial charge on any atom is 0.191 e. The van der Waals surface area contributed by atoms with Gasteiger partial charge in [-0.25, -0.2) is 0 Å². The molecule has 5 heteroatoms. The molecule has 130 valence electrons. The number of likely N-dealkylation sites (tertiary alicyclic amines) is 1. The molecule has 1 saturated carbocycles. The second-order valence-corrected chi connectivity index (χ2v) is 6.59. The van der Waals surface area contributed by atoms with E-state index in [-0.39, 0.29) is 24.0 Å². The van der Waals surface area contributed by atoms with Crippen molar-refractivity contribution in [3.05, 3.63) is 0 Å². The molecule has 1 saturated heterocycles. The molecule has 1 unspecified atom stereocenters. The lowest BCUT2D eigenvalue weighted by Crippen LogP contribution is -2.38. The quantitative estimate of drug-likeness (QED) is 0.260. The first-order valence-electron chi connectivity index (χ1n) is 9.09. The van der Waals surface area contributed by atoms with E-state index in [0.717, 1.165) is 37.6 Å². The predicted octanol–water partition coefficient (Wildman–Crippen LogP) is 3.22. The molecule has 0 aromatic carbocycles. The number of hydrogen-bond donors (Lipinski definition) is 2. The molecule has 1 atom stereocenters. The molecule has 2 fully saturated rings. The van der Waals surface area contributed by atoms with Gasteiger partial charge in [0, 0.05) is 32.2 Å². The fourth-order valence-corrected chi connectivity index (χ4v) is 3.10. The monoisotopic (exact) mass is 422 g/mol. The number of aliphatic imine (C=N–C) groups is 1. The van der Waals surface area contributed by atoms with Crippen LogP contribution >= 0.6 is 24.0 Å². The zero-order valence-electron chi connectivity index (χ0n) is 14.4. The van der Waals surface area contributed by atoms with Crippen molar-refractivity contribution in [2.75, 3.05) is 32.7 Å². The topological polar surface area (TPSA) is 39.7 Å². The molecule has 1 aliphatic heterocycles. The van der Waals surface area contributed by atoms with Gasteiger partial charge >= 0.3 is 0 Å². The lowest BCUT2D eigenvalue weighted by Gasteiger charge is -2.15. The highest BCUT2D eigenvalue weighted by Crippen LogP contribution is 2.31. The average Bonchev–Trinajstić information content (AvgIpc) is 3.23. The van der Waals surface area contributed by atoms with E-state index in [1.165, 1.54) is 58.0 Å². The van der Waals surface area contributed by atoms with Gasteiger partial charge in [-0.2, -0.15) is 0 Å². The molecule has 2 N–H and O–H groups in total. The molecule has 0 bridgehead atoms. The highest BCUT2D eigenvalue weighted by atomic mass is 127. The summed E-state index contributed by atoms with van der Waals surface area (Å²) < 4.78 is 0. The zero-order chi connectivity index (χ0) is 14.9. The van der Waals surface area contributed by atoms with Gasteiger partial charge in [0.25, 0.3) is 0 Å². The molecule has 22 heavy (non-hydrogen) atoms. The van der Waals surface area contributed by atoms with Crippen LogP contribution in [0.1, 0.15) is 58.8 Å². The molecular weight excluding hydrogens is 387 g/mol. The van der Waals surface area contributed by atoms with Crippen LogP contribution in [0.3, 0.4) is 0 Å². The summed E-state index contributed by atoms with van der Waals surface area (Å²) in [5, 5.41) is 6.84. The first kappa shape index (κ1) is 20.0. The molecule has 0 aromatic rings. The third-order valence-corrected chi connectivity index (χ3v) is 4.56. The first-order valence-corrected chi connectivity index (χ1v) is 9.09. The molecule has 2 aliphatic rings. The van der Waals surface area contributed by atoms with Crippen molar-refractivity contribution in [3.63, 3.8) is 0 Å². The Balaban J connectivity index is 0.00000242. The highest BCUT2D eigenvalue weighted by Gasteiger charge is 2.34. The third-order valence-electron chi connectivity index (χ3n) is 4.56. The van der Waals surface area contributed by atoms with Crippen LogP contribution in [0.25, 0.3) is 0 Å². The molecule has 0 amide bonds. The van der Waals surface area contributed by atoms with E-state index in [9.17, 15) is 0 Å². The Kier molecular flexibility index (Phi) is 10.4. The highest BCUT2D eigenvalue weighted by molar-refractivity contribution is 14.0. The van der Waals surface area contributed by atoms with Crippen LogP contribution in [-0.2, 0) is 0 Å². The Hall–Kier alpha value is -0.0400. The van der Waals surface area contributed by atoms with Gasteiger partial charge in [-0.05, 0) is 45.1 Å². The van der Waals surface area contributed by atoms with Gasteiger partial charge in [0.2, 0.25) is 0 Å². The van der Waals surface area contributed by atoms with Crippen LogP contribution in [0.2, 0.25) is 0 Å². The molecular formula is C17H35IN4. The van der Waals surface area contributed by atoms with Crippen molar-refractivity contribution in [1.29, 1.82) is 0 Å². The molecule has 0 aromatic heterocycles. The third kappa shape index (κ3) is 7.49. The van der Waals surface area contributed by atoms with Gasteiger partial charge in [0.05, 0.1) is 0 Å². The van der Waals surface area contributed by atoms with Crippen LogP contribution in [0, 0.1) is 5.92 Å². The summed E-state index contributed by atoms with van der Waals surface area (Å²) in [6, 6.07) is 0.920. The van der Waals surface area contributed by atoms with Gasteiger partial charge in [-0.1, -0.05) is 26.2 Å². The fraction of sp³-hybridized carbons (Fsp3) is 0.941. The second-order valence-electron chi connectivity index (χ2n) is 6.59. The predicted molar refractivity (Wildman–Crippen MR) is 106 cm³/mol. The van der Waals surface area contributed by atoms with Crippen molar-refractivity contribution in [3.8, 4) is 0 Å². The van der Waals surface area contributed by atoms with Crippen LogP contribution < -0.4 is 10.6 Å². The van der Waals surface area contributed by atoms with E-state index >= 15 is 0 Å². The maximum atomic E-state index is 4.80. The summed E-state index contributed by atoms with van der Waals surface area (Å²) in [6.45, 7) is 9.93. The van der Waals surface area contributed by atoms with Gasteiger partial charge < -0.3 is 15.5 Å². The molecule has 4 nitrogen and oxygen atoms in total. The minimum atomic E-state index is 0. The van der Waals surface area contributed by atoms with E-state index in [4.69, 9.17) is 4.99 Å². The van der Waals surface area contributed by atoms with Crippen molar-refractivity contribution in [2.45, 2.75) is 64.8 Å². The number of guanidine groups is 1. The summed E-state index contributed by atoms with van der Waals surface area (Å²) >= 11 is 0. The Bertz CT molecular complexity index is 318. The summed E-state index contributed by atoms with van der Waals surface area (Å²) in [6.07, 6.45) is 9.40. The number of unbranched alkanes of at least 4 members (excludes halogenated alkanes) is 3. The van der Waals surface area contributed by atoms with Crippen LogP contribution in [-0.4, -0.2) is 49.6 Å². The van der Waals surface area contributed by atoms with E-state index < -0.39 is 0 Å². The van der Waals surface area contributed by atoms with Crippen LogP contribution in [0.5, 0.6) is 0 Å². The van der Waals surface area contributed by atoms with Crippen molar-refractivity contribution in [2.24, 2.45) is 10.9 Å². The van der Waals surface area contributed by atoms with Crippen LogP contribution in [0.15, 0.2) is 4.99 Å². The van der Waals surface area contributed by atoms with E-state index in [0.29, 0.717) is 0 Å². The Morgan fingerprint density at radius 3 is 2.59 bits per heavy atom. The largest absolute Gasteiger partial charge is 0.357 e. The maximum absolute atomic E-state index is 4.80. The van der Waals surface area contributed by atoms with Gasteiger partial charge in [-0.15, -0.1) is 24.0 Å². The van der Waals surface area contributed by atoms with E-state index in [1.54, 1.807) is 0 Å². The number of nitrogens with zero attached hydrogens (tertiary/aromatic N) is 2. The van der Waals surface area contributed by atoms with Crippen molar-refractivity contribution < 1.29 is 0 Å². The minimum absolute atomic E-state index is 0. The normalized spacial score (nSPS) is 22.5. The second kappa shape index (κ2) is 11.5. The first-order chi connectivity index (χ1) is 10.3. The number of nitrogens with one attached hydrogen (secondary N) is 2. The Morgan fingerprint density at radius 2 is 1.91 bits per heavy atom. The van der Waals surface area contributed by atoms with Gasteiger partial charge in [0.15, 0.2) is 5.96 Å². The van der Waals surface area contributed by atoms with Crippen molar-refractivity contribution >= 4 is 29.9 Å². The lowest BCUT2D eigenvalue weighted by atomic mass is 10.1. The zero-order valence-corrected chi connectivity index (χ0v) is 16.8. The molecule has 1 aliphatic carbocycles. The number of hydrogen-bond acceptors (Lipinski definition) is 2. The van der Waals surface area contributed by atoms with Gasteiger partial charge in [-0.3, -0.25) is 4.99 Å². The fourth-order valence-electron chi connectivity index (χ4n) is 3.10. The molecule has 1 heterocycles. The van der Waals surface area contributed by atoms with Crippen LogP contribution in [0.4, 0.5) is 0 Å². The standard InChI is InChI=1S/C17H34N4.HI/c1-3-5-6-7-11-19-17(18-4-2)20-13-15-10-12-21(14-15)16-8-9-16;/h15-16H,3-14H2,1-2H3,(H2,18,19,20);1H. The number of rotatable bonds is 9. The number of halogens is 1. The summed E-state index contributed by atoms with van der Waals surface area (Å²) in [4.78, 5) is 7.47. The summed E-state index contributed by atoms with van der Waals surface area (Å²) in [5.41, 5.74) is 0. The SMILES string of the molecule is CCCCCCNC(=NCC1CCN(C2CC2)C1)NCC.I.